The standard InChI is InChI=1S/C20H15ClN4O4/c1-20(13-7-3-2-4-8-13)18(27)25(19(28)22-20)23-17(26)15-11-16(29-24-15)12-6-5-9-14(21)10-12/h2-11H,1H3,(H,22,28)(H,23,26)/t20-/m0/s1. The minimum absolute atomic E-state index is 0.0890. The monoisotopic (exact) mass is 410 g/mol. The Bertz CT molecular complexity index is 1110. The van der Waals surface area contributed by atoms with Crippen molar-refractivity contribution in [3.05, 3.63) is 76.9 Å². The van der Waals surface area contributed by atoms with Gasteiger partial charge in [-0.25, -0.2) is 4.79 Å². The molecule has 1 aliphatic heterocycles. The lowest BCUT2D eigenvalue weighted by Crippen LogP contribution is -2.48. The van der Waals surface area contributed by atoms with Crippen LogP contribution >= 0.6 is 11.6 Å². The largest absolute Gasteiger partial charge is 0.355 e. The molecule has 0 spiro atoms. The first-order chi connectivity index (χ1) is 13.9. The van der Waals surface area contributed by atoms with Crippen LogP contribution in [0.15, 0.2) is 65.2 Å². The van der Waals surface area contributed by atoms with Crippen LogP contribution in [0.1, 0.15) is 23.0 Å². The van der Waals surface area contributed by atoms with Gasteiger partial charge < -0.3 is 9.84 Å². The maximum absolute atomic E-state index is 12.8. The third-order valence-electron chi connectivity index (χ3n) is 4.61. The lowest BCUT2D eigenvalue weighted by molar-refractivity contribution is -0.132. The number of hydrazine groups is 1. The fourth-order valence-corrected chi connectivity index (χ4v) is 3.22. The predicted octanol–water partition coefficient (Wildman–Crippen LogP) is 3.11. The van der Waals surface area contributed by atoms with Crippen molar-refractivity contribution in [3.8, 4) is 11.3 Å². The van der Waals surface area contributed by atoms with Crippen LogP contribution in [0.4, 0.5) is 4.79 Å². The molecule has 4 rings (SSSR count). The molecule has 0 aliphatic carbocycles. The van der Waals surface area contributed by atoms with Crippen molar-refractivity contribution < 1.29 is 18.9 Å². The minimum Gasteiger partial charge on any atom is -0.355 e. The van der Waals surface area contributed by atoms with Gasteiger partial charge in [0, 0.05) is 16.7 Å². The number of benzene rings is 2. The Kier molecular flexibility index (Phi) is 4.56. The smallest absolute Gasteiger partial charge is 0.344 e. The van der Waals surface area contributed by atoms with E-state index in [9.17, 15) is 14.4 Å². The molecule has 2 aromatic carbocycles. The van der Waals surface area contributed by atoms with E-state index in [0.717, 1.165) is 0 Å². The molecule has 9 heteroatoms. The molecule has 1 atom stereocenters. The molecule has 0 radical (unpaired) electrons. The van der Waals surface area contributed by atoms with Crippen LogP contribution in [0, 0.1) is 0 Å². The van der Waals surface area contributed by atoms with Crippen LogP contribution in [-0.2, 0) is 10.3 Å². The van der Waals surface area contributed by atoms with Gasteiger partial charge in [0.05, 0.1) is 0 Å². The summed E-state index contributed by atoms with van der Waals surface area (Å²) in [4.78, 5) is 37.7. The molecule has 146 valence electrons. The molecule has 3 aromatic rings. The number of carbonyl (C=O) groups is 3. The average Bonchev–Trinajstić information content (AvgIpc) is 3.29. The average molecular weight is 411 g/mol. The third-order valence-corrected chi connectivity index (χ3v) is 4.84. The molecular formula is C20H15ClN4O4. The molecule has 4 amide bonds. The summed E-state index contributed by atoms with van der Waals surface area (Å²) >= 11 is 5.96. The number of carbonyl (C=O) groups excluding carboxylic acids is 3. The van der Waals surface area contributed by atoms with Gasteiger partial charge in [0.1, 0.15) is 5.54 Å². The molecular weight excluding hydrogens is 396 g/mol. The van der Waals surface area contributed by atoms with Crippen LogP contribution in [-0.4, -0.2) is 28.0 Å². The van der Waals surface area contributed by atoms with E-state index < -0.39 is 23.4 Å². The fourth-order valence-electron chi connectivity index (χ4n) is 3.03. The zero-order chi connectivity index (χ0) is 20.6. The maximum atomic E-state index is 12.8. The number of aromatic nitrogens is 1. The van der Waals surface area contributed by atoms with E-state index in [1.165, 1.54) is 6.07 Å². The van der Waals surface area contributed by atoms with Gasteiger partial charge in [0.15, 0.2) is 11.5 Å². The Morgan fingerprint density at radius 3 is 2.62 bits per heavy atom. The molecule has 2 heterocycles. The van der Waals surface area contributed by atoms with E-state index in [4.69, 9.17) is 16.1 Å². The number of nitrogens with zero attached hydrogens (tertiary/aromatic N) is 2. The van der Waals surface area contributed by atoms with Gasteiger partial charge in [-0.1, -0.05) is 59.2 Å². The highest BCUT2D eigenvalue weighted by Gasteiger charge is 2.50. The summed E-state index contributed by atoms with van der Waals surface area (Å²) in [6.07, 6.45) is 0. The maximum Gasteiger partial charge on any atom is 0.344 e. The molecule has 2 N–H and O–H groups in total. The molecule has 0 unspecified atom stereocenters. The van der Waals surface area contributed by atoms with Gasteiger partial charge in [-0.2, -0.15) is 5.01 Å². The Morgan fingerprint density at radius 1 is 1.14 bits per heavy atom. The predicted molar refractivity (Wildman–Crippen MR) is 104 cm³/mol. The summed E-state index contributed by atoms with van der Waals surface area (Å²) in [6, 6.07) is 16.3. The highest BCUT2D eigenvalue weighted by Crippen LogP contribution is 2.28. The number of halogens is 1. The number of rotatable bonds is 4. The zero-order valence-electron chi connectivity index (χ0n) is 15.2. The van der Waals surface area contributed by atoms with E-state index in [2.05, 4.69) is 15.9 Å². The molecule has 1 fully saturated rings. The first-order valence-electron chi connectivity index (χ1n) is 8.64. The summed E-state index contributed by atoms with van der Waals surface area (Å²) in [5.41, 5.74) is 2.13. The lowest BCUT2D eigenvalue weighted by atomic mass is 9.92. The second-order valence-corrected chi connectivity index (χ2v) is 7.03. The molecule has 1 aliphatic rings. The minimum atomic E-state index is -1.29. The first-order valence-corrected chi connectivity index (χ1v) is 9.02. The molecule has 0 bridgehead atoms. The Balaban J connectivity index is 1.53. The summed E-state index contributed by atoms with van der Waals surface area (Å²) in [7, 11) is 0. The Morgan fingerprint density at radius 2 is 1.90 bits per heavy atom. The van der Waals surface area contributed by atoms with Gasteiger partial charge in [0.25, 0.3) is 11.8 Å². The second-order valence-electron chi connectivity index (χ2n) is 6.59. The van der Waals surface area contributed by atoms with E-state index in [0.29, 0.717) is 26.9 Å². The van der Waals surface area contributed by atoms with Crippen LogP contribution in [0.3, 0.4) is 0 Å². The number of hydrogen-bond acceptors (Lipinski definition) is 5. The molecule has 29 heavy (non-hydrogen) atoms. The van der Waals surface area contributed by atoms with Crippen molar-refractivity contribution in [2.24, 2.45) is 0 Å². The van der Waals surface area contributed by atoms with Crippen LogP contribution < -0.4 is 10.7 Å². The normalized spacial score (nSPS) is 18.6. The highest BCUT2D eigenvalue weighted by atomic mass is 35.5. The summed E-state index contributed by atoms with van der Waals surface area (Å²) in [6.45, 7) is 1.57. The zero-order valence-corrected chi connectivity index (χ0v) is 15.9. The van der Waals surface area contributed by atoms with Crippen molar-refractivity contribution in [3.63, 3.8) is 0 Å². The van der Waals surface area contributed by atoms with E-state index in [-0.39, 0.29) is 5.69 Å². The fraction of sp³-hybridized carbons (Fsp3) is 0.100. The number of nitrogens with one attached hydrogen (secondary N) is 2. The van der Waals surface area contributed by atoms with Gasteiger partial charge in [0.2, 0.25) is 0 Å². The second kappa shape index (κ2) is 7.06. The number of amides is 4. The van der Waals surface area contributed by atoms with Gasteiger partial charge in [-0.05, 0) is 24.6 Å². The topological polar surface area (TPSA) is 105 Å². The molecule has 1 saturated heterocycles. The van der Waals surface area contributed by atoms with E-state index >= 15 is 0 Å². The van der Waals surface area contributed by atoms with Crippen molar-refractivity contribution in [1.29, 1.82) is 0 Å². The van der Waals surface area contributed by atoms with Gasteiger partial charge in [-0.3, -0.25) is 15.0 Å². The first kappa shape index (κ1) is 18.7. The van der Waals surface area contributed by atoms with E-state index in [1.807, 2.05) is 0 Å². The number of imide groups is 1. The number of hydrogen-bond donors (Lipinski definition) is 2. The van der Waals surface area contributed by atoms with Gasteiger partial charge in [-0.15, -0.1) is 0 Å². The lowest BCUT2D eigenvalue weighted by Gasteiger charge is -2.21. The van der Waals surface area contributed by atoms with Crippen molar-refractivity contribution in [2.45, 2.75) is 12.5 Å². The summed E-state index contributed by atoms with van der Waals surface area (Å²) in [5, 5.41) is 7.46. The Hall–Kier alpha value is -3.65. The van der Waals surface area contributed by atoms with Crippen LogP contribution in [0.2, 0.25) is 5.02 Å². The third kappa shape index (κ3) is 3.34. The van der Waals surface area contributed by atoms with Gasteiger partial charge >= 0.3 is 6.03 Å². The highest BCUT2D eigenvalue weighted by molar-refractivity contribution is 6.30. The molecule has 0 saturated carbocycles. The molecule has 8 nitrogen and oxygen atoms in total. The van der Waals surface area contributed by atoms with Crippen LogP contribution in [0.25, 0.3) is 11.3 Å². The van der Waals surface area contributed by atoms with E-state index in [1.54, 1.807) is 61.5 Å². The SMILES string of the molecule is C[C@@]1(c2ccccc2)NC(=O)N(NC(=O)c2cc(-c3cccc(Cl)c3)on2)C1=O. The summed E-state index contributed by atoms with van der Waals surface area (Å²) in [5.74, 6) is -1.05. The van der Waals surface area contributed by atoms with Crippen molar-refractivity contribution in [1.82, 2.24) is 20.9 Å². The summed E-state index contributed by atoms with van der Waals surface area (Å²) < 4.78 is 5.18. The quantitative estimate of drug-likeness (QED) is 0.643. The van der Waals surface area contributed by atoms with Crippen molar-refractivity contribution in [2.75, 3.05) is 0 Å². The number of urea groups is 1. The van der Waals surface area contributed by atoms with Crippen LogP contribution in [0.5, 0.6) is 0 Å². The molecule has 1 aromatic heterocycles. The van der Waals surface area contributed by atoms with Crippen molar-refractivity contribution >= 4 is 29.4 Å². The Labute approximate surface area is 170 Å².